The van der Waals surface area contributed by atoms with E-state index in [0.717, 1.165) is 16.8 Å². The maximum absolute atomic E-state index is 12.9. The van der Waals surface area contributed by atoms with Crippen molar-refractivity contribution in [1.82, 2.24) is 9.97 Å². The molecule has 0 saturated heterocycles. The Morgan fingerprint density at radius 1 is 0.633 bits per heavy atom. The summed E-state index contributed by atoms with van der Waals surface area (Å²) in [6.45, 7) is 0. The van der Waals surface area contributed by atoms with Gasteiger partial charge in [-0.05, 0) is 60.7 Å². The van der Waals surface area contributed by atoms with Crippen molar-refractivity contribution in [2.45, 2.75) is 0 Å². The molecule has 4 aromatic carbocycles. The number of ether oxygens (including phenoxy) is 1. The van der Waals surface area contributed by atoms with Gasteiger partial charge in [0, 0.05) is 5.69 Å². The van der Waals surface area contributed by atoms with E-state index in [1.807, 2.05) is 91.0 Å². The second-order valence-electron chi connectivity index (χ2n) is 6.78. The third-order valence-corrected chi connectivity index (χ3v) is 4.71. The van der Waals surface area contributed by atoms with E-state index in [9.17, 15) is 4.79 Å². The molecule has 0 aliphatic carbocycles. The first kappa shape index (κ1) is 17.8. The number of anilines is 1. The minimum Gasteiger partial charge on any atom is -0.457 e. The normalized spacial score (nSPS) is 10.8. The highest BCUT2D eigenvalue weighted by molar-refractivity contribution is 6.12. The first-order valence-electron chi connectivity index (χ1n) is 9.56. The molecule has 0 bridgehead atoms. The van der Waals surface area contributed by atoms with E-state index in [2.05, 4.69) is 15.3 Å². The number of carbonyl (C=O) groups is 1. The van der Waals surface area contributed by atoms with Crippen LogP contribution in [-0.2, 0) is 0 Å². The Hall–Kier alpha value is -4.25. The quantitative estimate of drug-likeness (QED) is 0.392. The highest BCUT2D eigenvalue weighted by Crippen LogP contribution is 2.24. The zero-order valence-electron chi connectivity index (χ0n) is 15.9. The number of hydrogen-bond acceptors (Lipinski definition) is 4. The highest BCUT2D eigenvalue weighted by atomic mass is 16.5. The SMILES string of the molecule is O=C(Nc1ccc(Oc2ccccc2)cc1)c1cccc2nc3ccccc3nc12. The Bertz CT molecular complexity index is 1350. The summed E-state index contributed by atoms with van der Waals surface area (Å²) in [4.78, 5) is 22.2. The monoisotopic (exact) mass is 391 g/mol. The third kappa shape index (κ3) is 3.56. The van der Waals surface area contributed by atoms with Crippen molar-refractivity contribution in [3.05, 3.63) is 103 Å². The molecule has 0 aliphatic heterocycles. The molecule has 5 aromatic rings. The Balaban J connectivity index is 1.40. The lowest BCUT2D eigenvalue weighted by Crippen LogP contribution is -2.13. The molecule has 0 spiro atoms. The number of hydrogen-bond donors (Lipinski definition) is 1. The Labute approximate surface area is 173 Å². The van der Waals surface area contributed by atoms with Crippen molar-refractivity contribution >= 4 is 33.7 Å². The molecule has 1 aromatic heterocycles. The zero-order valence-corrected chi connectivity index (χ0v) is 15.9. The number of rotatable bonds is 4. The molecular formula is C25H17N3O2. The smallest absolute Gasteiger partial charge is 0.257 e. The van der Waals surface area contributed by atoms with Gasteiger partial charge in [0.25, 0.3) is 5.91 Å². The van der Waals surface area contributed by atoms with Gasteiger partial charge >= 0.3 is 0 Å². The van der Waals surface area contributed by atoms with E-state index >= 15 is 0 Å². The average Bonchev–Trinajstić information content (AvgIpc) is 2.79. The zero-order chi connectivity index (χ0) is 20.3. The van der Waals surface area contributed by atoms with Gasteiger partial charge < -0.3 is 10.1 Å². The third-order valence-electron chi connectivity index (χ3n) is 4.71. The highest BCUT2D eigenvalue weighted by Gasteiger charge is 2.13. The van der Waals surface area contributed by atoms with Gasteiger partial charge in [-0.3, -0.25) is 4.79 Å². The van der Waals surface area contributed by atoms with Gasteiger partial charge in [-0.1, -0.05) is 36.4 Å². The summed E-state index contributed by atoms with van der Waals surface area (Å²) < 4.78 is 5.79. The van der Waals surface area contributed by atoms with Crippen molar-refractivity contribution in [2.24, 2.45) is 0 Å². The van der Waals surface area contributed by atoms with E-state index in [4.69, 9.17) is 4.74 Å². The number of aromatic nitrogens is 2. The van der Waals surface area contributed by atoms with E-state index < -0.39 is 0 Å². The van der Waals surface area contributed by atoms with Crippen LogP contribution in [0.1, 0.15) is 10.4 Å². The largest absolute Gasteiger partial charge is 0.457 e. The van der Waals surface area contributed by atoms with Gasteiger partial charge in [-0.25, -0.2) is 9.97 Å². The number of amides is 1. The summed E-state index contributed by atoms with van der Waals surface area (Å²) in [5.41, 5.74) is 3.98. The molecular weight excluding hydrogens is 374 g/mol. The lowest BCUT2D eigenvalue weighted by Gasteiger charge is -2.09. The average molecular weight is 391 g/mol. The number of nitrogens with one attached hydrogen (secondary N) is 1. The van der Waals surface area contributed by atoms with E-state index in [1.165, 1.54) is 0 Å². The minimum atomic E-state index is -0.234. The fourth-order valence-corrected chi connectivity index (χ4v) is 3.26. The van der Waals surface area contributed by atoms with Gasteiger partial charge in [0.2, 0.25) is 0 Å². The molecule has 1 N–H and O–H groups in total. The molecule has 0 saturated carbocycles. The van der Waals surface area contributed by atoms with Gasteiger partial charge in [-0.2, -0.15) is 0 Å². The Morgan fingerprint density at radius 2 is 1.27 bits per heavy atom. The van der Waals surface area contributed by atoms with Crippen LogP contribution in [0.15, 0.2) is 97.1 Å². The first-order valence-corrected chi connectivity index (χ1v) is 9.56. The number of carbonyl (C=O) groups excluding carboxylic acids is 1. The molecule has 0 fully saturated rings. The molecule has 0 unspecified atom stereocenters. The lowest BCUT2D eigenvalue weighted by atomic mass is 10.1. The number of benzene rings is 4. The van der Waals surface area contributed by atoms with Crippen molar-refractivity contribution in [1.29, 1.82) is 0 Å². The second-order valence-corrected chi connectivity index (χ2v) is 6.78. The van der Waals surface area contributed by atoms with Gasteiger partial charge in [0.1, 0.15) is 17.0 Å². The summed E-state index contributed by atoms with van der Waals surface area (Å²) in [7, 11) is 0. The van der Waals surface area contributed by atoms with Gasteiger partial charge in [0.05, 0.1) is 22.1 Å². The molecule has 0 atom stereocenters. The number of para-hydroxylation sites is 4. The van der Waals surface area contributed by atoms with Crippen LogP contribution in [0.4, 0.5) is 5.69 Å². The van der Waals surface area contributed by atoms with Crippen LogP contribution in [-0.4, -0.2) is 15.9 Å². The molecule has 30 heavy (non-hydrogen) atoms. The molecule has 5 rings (SSSR count). The van der Waals surface area contributed by atoms with E-state index in [0.29, 0.717) is 28.0 Å². The fourth-order valence-electron chi connectivity index (χ4n) is 3.26. The maximum Gasteiger partial charge on any atom is 0.257 e. The second kappa shape index (κ2) is 7.64. The molecule has 1 amide bonds. The molecule has 0 aliphatic rings. The van der Waals surface area contributed by atoms with Crippen LogP contribution in [0.25, 0.3) is 22.1 Å². The summed E-state index contributed by atoms with van der Waals surface area (Å²) >= 11 is 0. The van der Waals surface area contributed by atoms with Crippen LogP contribution in [0.5, 0.6) is 11.5 Å². The summed E-state index contributed by atoms with van der Waals surface area (Å²) in [6.07, 6.45) is 0. The summed E-state index contributed by atoms with van der Waals surface area (Å²) in [5.74, 6) is 1.22. The van der Waals surface area contributed by atoms with Gasteiger partial charge in [0.15, 0.2) is 0 Å². The van der Waals surface area contributed by atoms with Crippen molar-refractivity contribution in [3.63, 3.8) is 0 Å². The minimum absolute atomic E-state index is 0.234. The Kier molecular flexibility index (Phi) is 4.54. The van der Waals surface area contributed by atoms with Crippen LogP contribution in [0.3, 0.4) is 0 Å². The van der Waals surface area contributed by atoms with Crippen molar-refractivity contribution in [2.75, 3.05) is 5.32 Å². The van der Waals surface area contributed by atoms with Crippen LogP contribution in [0.2, 0.25) is 0 Å². The summed E-state index contributed by atoms with van der Waals surface area (Å²) in [5, 5.41) is 2.93. The van der Waals surface area contributed by atoms with E-state index in [1.54, 1.807) is 6.07 Å². The Morgan fingerprint density at radius 3 is 2.03 bits per heavy atom. The maximum atomic E-state index is 12.9. The summed E-state index contributed by atoms with van der Waals surface area (Å²) in [6, 6.07) is 29.9. The van der Waals surface area contributed by atoms with Crippen LogP contribution >= 0.6 is 0 Å². The molecule has 5 heteroatoms. The van der Waals surface area contributed by atoms with E-state index in [-0.39, 0.29) is 5.91 Å². The molecule has 5 nitrogen and oxygen atoms in total. The fraction of sp³-hybridized carbons (Fsp3) is 0. The molecule has 144 valence electrons. The van der Waals surface area contributed by atoms with Gasteiger partial charge in [-0.15, -0.1) is 0 Å². The van der Waals surface area contributed by atoms with Crippen molar-refractivity contribution in [3.8, 4) is 11.5 Å². The lowest BCUT2D eigenvalue weighted by molar-refractivity contribution is 0.102. The van der Waals surface area contributed by atoms with Crippen molar-refractivity contribution < 1.29 is 9.53 Å². The number of nitrogens with zero attached hydrogens (tertiary/aromatic N) is 2. The molecule has 1 heterocycles. The number of fused-ring (bicyclic) bond motifs is 2. The molecule has 0 radical (unpaired) electrons. The van der Waals surface area contributed by atoms with Crippen LogP contribution in [0, 0.1) is 0 Å². The first-order chi connectivity index (χ1) is 14.8. The van der Waals surface area contributed by atoms with Crippen LogP contribution < -0.4 is 10.1 Å². The predicted octanol–water partition coefficient (Wildman–Crippen LogP) is 5.83. The standard InChI is InChI=1S/C25H17N3O2/c29-25(26-17-13-15-19(16-14-17)30-18-7-2-1-3-8-18)20-9-6-12-23-24(20)28-22-11-5-4-10-21(22)27-23/h1-16H,(H,26,29). The predicted molar refractivity (Wildman–Crippen MR) is 118 cm³/mol. The topological polar surface area (TPSA) is 64.1 Å².